The molecule has 1 aromatic carbocycles. The molecule has 3 fully saturated rings. The van der Waals surface area contributed by atoms with Crippen LogP contribution in [-0.2, 0) is 28.6 Å². The SMILES string of the molecule is C=C[C@]1(C)CC(OC(=O)COS(=O)(=O)c2ccc(C)cc2)[C@]2(C)C(C)CC[C@]3(CCC(=O)C32)C(C)C1O. The molecule has 0 amide bonds. The summed E-state index contributed by atoms with van der Waals surface area (Å²) in [7, 11) is -4.15. The first-order valence-electron chi connectivity index (χ1n) is 13.2. The van der Waals surface area contributed by atoms with Gasteiger partial charge in [0.2, 0.25) is 0 Å². The second kappa shape index (κ2) is 9.62. The number of rotatable bonds is 6. The van der Waals surface area contributed by atoms with Gasteiger partial charge in [-0.2, -0.15) is 8.42 Å². The molecule has 0 radical (unpaired) electrons. The molecule has 0 aliphatic heterocycles. The van der Waals surface area contributed by atoms with Gasteiger partial charge in [0, 0.05) is 23.2 Å². The first kappa shape index (κ1) is 28.0. The highest BCUT2D eigenvalue weighted by Crippen LogP contribution is 2.68. The lowest BCUT2D eigenvalue weighted by molar-refractivity contribution is -0.207. The number of carbonyl (C=O) groups is 2. The molecule has 8 heteroatoms. The second-order valence-corrected chi connectivity index (χ2v) is 13.7. The Labute approximate surface area is 220 Å². The summed E-state index contributed by atoms with van der Waals surface area (Å²) in [6.45, 7) is 13.2. The molecule has 1 N–H and O–H groups in total. The lowest BCUT2D eigenvalue weighted by Crippen LogP contribution is -2.63. The third kappa shape index (κ3) is 4.49. The lowest BCUT2D eigenvalue weighted by atomic mass is 9.44. The van der Waals surface area contributed by atoms with Crippen molar-refractivity contribution in [2.24, 2.45) is 34.0 Å². The summed E-state index contributed by atoms with van der Waals surface area (Å²) >= 11 is 0. The summed E-state index contributed by atoms with van der Waals surface area (Å²) in [4.78, 5) is 26.5. The molecule has 4 rings (SSSR count). The lowest BCUT2D eigenvalue weighted by Gasteiger charge is -2.61. The molecule has 37 heavy (non-hydrogen) atoms. The Balaban J connectivity index is 1.65. The summed E-state index contributed by atoms with van der Waals surface area (Å²) in [5.41, 5.74) is -0.910. The molecule has 1 aromatic rings. The monoisotopic (exact) mass is 532 g/mol. The van der Waals surface area contributed by atoms with Crippen molar-refractivity contribution in [3.05, 3.63) is 42.5 Å². The fourth-order valence-electron chi connectivity index (χ4n) is 7.59. The van der Waals surface area contributed by atoms with E-state index in [0.29, 0.717) is 12.8 Å². The van der Waals surface area contributed by atoms with Crippen molar-refractivity contribution in [1.29, 1.82) is 0 Å². The number of hydrogen-bond donors (Lipinski definition) is 1. The maximum absolute atomic E-state index is 13.4. The Morgan fingerprint density at radius 2 is 1.84 bits per heavy atom. The first-order valence-corrected chi connectivity index (χ1v) is 14.6. The van der Waals surface area contributed by atoms with Crippen molar-refractivity contribution in [2.75, 3.05) is 6.61 Å². The number of benzene rings is 1. The van der Waals surface area contributed by atoms with Crippen molar-refractivity contribution in [2.45, 2.75) is 83.8 Å². The molecule has 0 spiro atoms. The van der Waals surface area contributed by atoms with Crippen LogP contribution in [0.5, 0.6) is 0 Å². The summed E-state index contributed by atoms with van der Waals surface area (Å²) in [6.07, 6.45) is 3.37. The highest BCUT2D eigenvalue weighted by molar-refractivity contribution is 7.86. The van der Waals surface area contributed by atoms with Crippen LogP contribution in [-0.4, -0.2) is 44.1 Å². The van der Waals surface area contributed by atoms with E-state index in [1.54, 1.807) is 18.2 Å². The standard InChI is InChI=1S/C29H40O7S/c1-7-27(5)16-23(36-24(31)17-35-37(33,34)21-10-8-18(2)9-11-21)28(6)19(3)12-14-29(20(4)26(27)32)15-13-22(30)25(28)29/h7-11,19-20,23,25-26,32H,1,12-17H2,2-6H3/t19?,20?,23?,25?,26?,27-,28+,29+/m1/s1. The molecular formula is C29H40O7S. The number of hydrogen-bond acceptors (Lipinski definition) is 7. The molecule has 2 bridgehead atoms. The number of Topliss-reactive ketones (excluding diaryl/α,β-unsaturated/α-hetero) is 1. The number of carbonyl (C=O) groups excluding carboxylic acids is 2. The van der Waals surface area contributed by atoms with Crippen LogP contribution in [0.2, 0.25) is 0 Å². The van der Waals surface area contributed by atoms with Crippen LogP contribution >= 0.6 is 0 Å². The Morgan fingerprint density at radius 3 is 2.46 bits per heavy atom. The van der Waals surface area contributed by atoms with Crippen LogP contribution in [0.4, 0.5) is 0 Å². The number of aliphatic hydroxyl groups excluding tert-OH is 1. The van der Waals surface area contributed by atoms with E-state index in [4.69, 9.17) is 8.92 Å². The zero-order chi connectivity index (χ0) is 27.4. The largest absolute Gasteiger partial charge is 0.460 e. The number of aryl methyl sites for hydroxylation is 1. The Kier molecular flexibility index (Phi) is 7.27. The van der Waals surface area contributed by atoms with Crippen LogP contribution in [0, 0.1) is 40.9 Å². The zero-order valence-electron chi connectivity index (χ0n) is 22.5. The second-order valence-electron chi connectivity index (χ2n) is 12.1. The zero-order valence-corrected chi connectivity index (χ0v) is 23.3. The summed E-state index contributed by atoms with van der Waals surface area (Å²) in [6, 6.07) is 6.17. The van der Waals surface area contributed by atoms with Gasteiger partial charge in [-0.1, -0.05) is 51.5 Å². The molecule has 3 aliphatic rings. The van der Waals surface area contributed by atoms with Gasteiger partial charge in [-0.3, -0.25) is 8.98 Å². The number of aliphatic hydroxyl groups is 1. The topological polar surface area (TPSA) is 107 Å². The smallest absolute Gasteiger partial charge is 0.333 e. The molecular weight excluding hydrogens is 492 g/mol. The van der Waals surface area contributed by atoms with E-state index < -0.39 is 45.7 Å². The fourth-order valence-corrected chi connectivity index (χ4v) is 8.45. The molecule has 3 saturated carbocycles. The average molecular weight is 533 g/mol. The van der Waals surface area contributed by atoms with E-state index in [0.717, 1.165) is 18.4 Å². The summed E-state index contributed by atoms with van der Waals surface area (Å²) < 4.78 is 36.3. The summed E-state index contributed by atoms with van der Waals surface area (Å²) in [5.74, 6) is -1.05. The van der Waals surface area contributed by atoms with Crippen LogP contribution < -0.4 is 0 Å². The number of ether oxygens (including phenoxy) is 1. The van der Waals surface area contributed by atoms with Crippen molar-refractivity contribution in [3.8, 4) is 0 Å². The molecule has 0 heterocycles. The van der Waals surface area contributed by atoms with E-state index in [2.05, 4.69) is 13.5 Å². The van der Waals surface area contributed by atoms with E-state index >= 15 is 0 Å². The Hall–Kier alpha value is -2.03. The Bertz CT molecular complexity index is 1180. The minimum absolute atomic E-state index is 0.0394. The highest BCUT2D eigenvalue weighted by Gasteiger charge is 2.68. The van der Waals surface area contributed by atoms with Crippen molar-refractivity contribution in [3.63, 3.8) is 0 Å². The van der Waals surface area contributed by atoms with Gasteiger partial charge in [-0.05, 0) is 62.0 Å². The van der Waals surface area contributed by atoms with E-state index in [-0.39, 0.29) is 40.3 Å². The third-order valence-electron chi connectivity index (χ3n) is 10.2. The van der Waals surface area contributed by atoms with E-state index in [9.17, 15) is 23.1 Å². The van der Waals surface area contributed by atoms with Gasteiger partial charge in [0.1, 0.15) is 11.9 Å². The van der Waals surface area contributed by atoms with Crippen molar-refractivity contribution < 1.29 is 32.0 Å². The number of ketones is 1. The normalized spacial score (nSPS) is 39.8. The van der Waals surface area contributed by atoms with Gasteiger partial charge >= 0.3 is 5.97 Å². The van der Waals surface area contributed by atoms with Crippen LogP contribution in [0.25, 0.3) is 0 Å². The highest BCUT2D eigenvalue weighted by atomic mass is 32.2. The van der Waals surface area contributed by atoms with Gasteiger partial charge in [0.25, 0.3) is 10.1 Å². The maximum Gasteiger partial charge on any atom is 0.333 e. The van der Waals surface area contributed by atoms with Gasteiger partial charge in [-0.25, -0.2) is 4.79 Å². The molecule has 5 unspecified atom stereocenters. The van der Waals surface area contributed by atoms with Crippen LogP contribution in [0.15, 0.2) is 41.8 Å². The van der Waals surface area contributed by atoms with Gasteiger partial charge in [-0.15, -0.1) is 6.58 Å². The van der Waals surface area contributed by atoms with Crippen LogP contribution in [0.3, 0.4) is 0 Å². The average Bonchev–Trinajstić information content (AvgIpc) is 3.21. The minimum atomic E-state index is -4.15. The fraction of sp³-hybridized carbons (Fsp3) is 0.655. The molecule has 3 aliphatic carbocycles. The van der Waals surface area contributed by atoms with Crippen LogP contribution in [0.1, 0.15) is 65.4 Å². The first-order chi connectivity index (χ1) is 17.2. The van der Waals surface area contributed by atoms with Gasteiger partial charge < -0.3 is 9.84 Å². The quantitative estimate of drug-likeness (QED) is 0.324. The van der Waals surface area contributed by atoms with Crippen molar-refractivity contribution in [1.82, 2.24) is 0 Å². The molecule has 7 nitrogen and oxygen atoms in total. The third-order valence-corrected chi connectivity index (χ3v) is 11.5. The van der Waals surface area contributed by atoms with Gasteiger partial charge in [0.05, 0.1) is 11.0 Å². The van der Waals surface area contributed by atoms with E-state index in [1.165, 1.54) is 12.1 Å². The minimum Gasteiger partial charge on any atom is -0.460 e. The van der Waals surface area contributed by atoms with Crippen molar-refractivity contribution >= 4 is 21.9 Å². The molecule has 0 saturated heterocycles. The summed E-state index contributed by atoms with van der Waals surface area (Å²) in [5, 5.41) is 11.6. The van der Waals surface area contributed by atoms with Gasteiger partial charge in [0.15, 0.2) is 6.61 Å². The maximum atomic E-state index is 13.4. The molecule has 204 valence electrons. The van der Waals surface area contributed by atoms with E-state index in [1.807, 2.05) is 27.7 Å². The molecule has 8 atom stereocenters. The predicted molar refractivity (Wildman–Crippen MR) is 139 cm³/mol. The predicted octanol–water partition coefficient (Wildman–Crippen LogP) is 4.61. The Morgan fingerprint density at radius 1 is 1.19 bits per heavy atom. The number of esters is 1. The molecule has 0 aromatic heterocycles.